The van der Waals surface area contributed by atoms with Gasteiger partial charge < -0.3 is 4.74 Å². The van der Waals surface area contributed by atoms with Crippen LogP contribution in [0, 0.1) is 5.82 Å². The van der Waals surface area contributed by atoms with E-state index in [0.717, 1.165) is 5.56 Å². The Kier molecular flexibility index (Phi) is 5.80. The van der Waals surface area contributed by atoms with Crippen molar-refractivity contribution in [3.8, 4) is 0 Å². The highest BCUT2D eigenvalue weighted by Crippen LogP contribution is 2.27. The molecule has 132 valence electrons. The number of Topliss-reactive ketones (excluding diaryl/α,β-unsaturated/α-hetero) is 1. The van der Waals surface area contributed by atoms with Crippen LogP contribution in [-0.2, 0) is 11.2 Å². The number of hydrogen-bond acceptors (Lipinski definition) is 3. The fourth-order valence-electron chi connectivity index (χ4n) is 2.19. The third-order valence-corrected chi connectivity index (χ3v) is 3.53. The largest absolute Gasteiger partial charge is 0.444 e. The van der Waals surface area contributed by atoms with Crippen molar-refractivity contribution in [2.45, 2.75) is 32.8 Å². The van der Waals surface area contributed by atoms with E-state index in [-0.39, 0.29) is 22.7 Å². The maximum atomic E-state index is 14.7. The summed E-state index contributed by atoms with van der Waals surface area (Å²) in [5.41, 5.74) is -0.388. The Labute approximate surface area is 150 Å². The third kappa shape index (κ3) is 5.29. The Balaban J connectivity index is 2.24. The van der Waals surface area contributed by atoms with Crippen LogP contribution in [0.4, 0.5) is 14.9 Å². The number of ketones is 1. The lowest BCUT2D eigenvalue weighted by Crippen LogP contribution is -2.27. The van der Waals surface area contributed by atoms with Gasteiger partial charge in [0.15, 0.2) is 11.6 Å². The Hall–Kier alpha value is -2.40. The minimum absolute atomic E-state index is 0.00632. The van der Waals surface area contributed by atoms with Crippen molar-refractivity contribution in [3.63, 3.8) is 0 Å². The number of benzene rings is 2. The van der Waals surface area contributed by atoms with E-state index in [1.807, 2.05) is 6.07 Å². The first-order chi connectivity index (χ1) is 11.7. The molecule has 0 saturated carbocycles. The van der Waals surface area contributed by atoms with E-state index in [9.17, 15) is 14.0 Å². The third-order valence-electron chi connectivity index (χ3n) is 3.21. The molecule has 0 atom stereocenters. The molecule has 0 aliphatic carbocycles. The van der Waals surface area contributed by atoms with Crippen molar-refractivity contribution >= 4 is 29.2 Å². The standard InChI is InChI=1S/C19H19ClFNO3/c1-19(2,3)25-18(24)22-14-10-9-13(20)16(17(14)21)15(23)11-12-7-5-4-6-8-12/h4-10H,11H2,1-3H3,(H,22,24). The maximum absolute atomic E-state index is 14.7. The molecule has 0 unspecified atom stereocenters. The van der Waals surface area contributed by atoms with Crippen molar-refractivity contribution in [1.82, 2.24) is 0 Å². The molecule has 0 fully saturated rings. The van der Waals surface area contributed by atoms with E-state index in [4.69, 9.17) is 16.3 Å². The van der Waals surface area contributed by atoms with Crippen molar-refractivity contribution in [2.75, 3.05) is 5.32 Å². The summed E-state index contributed by atoms with van der Waals surface area (Å²) < 4.78 is 19.8. The zero-order chi connectivity index (χ0) is 18.6. The van der Waals surface area contributed by atoms with E-state index in [0.29, 0.717) is 0 Å². The summed E-state index contributed by atoms with van der Waals surface area (Å²) in [6.07, 6.45) is -0.803. The molecule has 0 spiro atoms. The van der Waals surface area contributed by atoms with Crippen molar-refractivity contribution < 1.29 is 18.7 Å². The predicted molar refractivity (Wildman–Crippen MR) is 95.7 cm³/mol. The molecular formula is C19H19ClFNO3. The summed E-state index contributed by atoms with van der Waals surface area (Å²) in [7, 11) is 0. The molecule has 1 N–H and O–H groups in total. The first-order valence-corrected chi connectivity index (χ1v) is 8.10. The molecule has 0 bridgehead atoms. The van der Waals surface area contributed by atoms with E-state index in [1.54, 1.807) is 45.0 Å². The maximum Gasteiger partial charge on any atom is 0.412 e. The van der Waals surface area contributed by atoms with Gasteiger partial charge in [-0.3, -0.25) is 10.1 Å². The second kappa shape index (κ2) is 7.66. The highest BCUT2D eigenvalue weighted by atomic mass is 35.5. The second-order valence-corrected chi connectivity index (χ2v) is 6.90. The first kappa shape index (κ1) is 18.9. The zero-order valence-electron chi connectivity index (χ0n) is 14.2. The molecule has 0 aromatic heterocycles. The van der Waals surface area contributed by atoms with E-state index in [1.165, 1.54) is 12.1 Å². The van der Waals surface area contributed by atoms with Gasteiger partial charge in [0.2, 0.25) is 0 Å². The lowest BCUT2D eigenvalue weighted by molar-refractivity contribution is 0.0634. The number of rotatable bonds is 4. The Bertz CT molecular complexity index is 785. The quantitative estimate of drug-likeness (QED) is 0.754. The van der Waals surface area contributed by atoms with Crippen LogP contribution in [0.3, 0.4) is 0 Å². The molecule has 0 aliphatic rings. The van der Waals surface area contributed by atoms with Crippen LogP contribution in [0.15, 0.2) is 42.5 Å². The van der Waals surface area contributed by atoms with Crippen LogP contribution in [0.1, 0.15) is 36.7 Å². The number of amides is 1. The van der Waals surface area contributed by atoms with Crippen LogP contribution in [0.5, 0.6) is 0 Å². The average Bonchev–Trinajstić information content (AvgIpc) is 2.49. The van der Waals surface area contributed by atoms with E-state index in [2.05, 4.69) is 5.32 Å². The molecular weight excluding hydrogens is 345 g/mol. The SMILES string of the molecule is CC(C)(C)OC(=O)Nc1ccc(Cl)c(C(=O)Cc2ccccc2)c1F. The Morgan fingerprint density at radius 1 is 1.12 bits per heavy atom. The molecule has 0 heterocycles. The zero-order valence-corrected chi connectivity index (χ0v) is 15.0. The molecule has 1 amide bonds. The van der Waals surface area contributed by atoms with Crippen molar-refractivity contribution in [3.05, 3.63) is 64.4 Å². The summed E-state index contributed by atoms with van der Waals surface area (Å²) in [5.74, 6) is -1.35. The summed E-state index contributed by atoms with van der Waals surface area (Å²) in [5, 5.41) is 2.30. The lowest BCUT2D eigenvalue weighted by atomic mass is 10.0. The first-order valence-electron chi connectivity index (χ1n) is 7.72. The fraction of sp³-hybridized carbons (Fsp3) is 0.263. The van der Waals surface area contributed by atoms with Gasteiger partial charge >= 0.3 is 6.09 Å². The summed E-state index contributed by atoms with van der Waals surface area (Å²) in [4.78, 5) is 24.3. The van der Waals surface area contributed by atoms with Gasteiger partial charge in [-0.05, 0) is 38.5 Å². The Morgan fingerprint density at radius 2 is 1.76 bits per heavy atom. The monoisotopic (exact) mass is 363 g/mol. The number of hydrogen-bond donors (Lipinski definition) is 1. The van der Waals surface area contributed by atoms with Crippen molar-refractivity contribution in [1.29, 1.82) is 0 Å². The summed E-state index contributed by atoms with van der Waals surface area (Å²) >= 11 is 6.00. The number of nitrogens with one attached hydrogen (secondary N) is 1. The van der Waals surface area contributed by atoms with E-state index < -0.39 is 23.3 Å². The van der Waals surface area contributed by atoms with Gasteiger partial charge in [-0.1, -0.05) is 41.9 Å². The van der Waals surface area contributed by atoms with E-state index >= 15 is 0 Å². The smallest absolute Gasteiger partial charge is 0.412 e. The van der Waals surface area contributed by atoms with Crippen LogP contribution in [-0.4, -0.2) is 17.5 Å². The molecule has 0 aliphatic heterocycles. The number of halogens is 2. The summed E-state index contributed by atoms with van der Waals surface area (Å²) in [6, 6.07) is 11.6. The second-order valence-electron chi connectivity index (χ2n) is 6.50. The number of anilines is 1. The van der Waals surface area contributed by atoms with Crippen LogP contribution in [0.2, 0.25) is 5.02 Å². The van der Waals surface area contributed by atoms with Crippen LogP contribution in [0.25, 0.3) is 0 Å². The normalized spacial score (nSPS) is 11.1. The van der Waals surface area contributed by atoms with Gasteiger partial charge in [0.05, 0.1) is 16.3 Å². The van der Waals surface area contributed by atoms with Gasteiger partial charge in [0.1, 0.15) is 5.60 Å². The molecule has 2 aromatic rings. The average molecular weight is 364 g/mol. The molecule has 0 saturated heterocycles. The lowest BCUT2D eigenvalue weighted by Gasteiger charge is -2.20. The molecule has 2 rings (SSSR count). The fourth-order valence-corrected chi connectivity index (χ4v) is 2.44. The van der Waals surface area contributed by atoms with Gasteiger partial charge in [-0.2, -0.15) is 0 Å². The van der Waals surface area contributed by atoms with Crippen molar-refractivity contribution in [2.24, 2.45) is 0 Å². The highest BCUT2D eigenvalue weighted by Gasteiger charge is 2.22. The highest BCUT2D eigenvalue weighted by molar-refractivity contribution is 6.34. The molecule has 4 nitrogen and oxygen atoms in total. The molecule has 2 aromatic carbocycles. The molecule has 0 radical (unpaired) electrons. The minimum atomic E-state index is -0.876. The van der Waals surface area contributed by atoms with Gasteiger partial charge in [-0.15, -0.1) is 0 Å². The van der Waals surface area contributed by atoms with Gasteiger partial charge in [0, 0.05) is 6.42 Å². The number of ether oxygens (including phenoxy) is 1. The molecule has 25 heavy (non-hydrogen) atoms. The van der Waals surface area contributed by atoms with Crippen LogP contribution >= 0.6 is 11.6 Å². The number of carbonyl (C=O) groups is 2. The predicted octanol–water partition coefficient (Wildman–Crippen LogP) is 5.25. The number of carbonyl (C=O) groups excluding carboxylic acids is 2. The van der Waals surface area contributed by atoms with Gasteiger partial charge in [-0.25, -0.2) is 9.18 Å². The Morgan fingerprint density at radius 3 is 2.36 bits per heavy atom. The molecule has 6 heteroatoms. The van der Waals surface area contributed by atoms with Crippen LogP contribution < -0.4 is 5.32 Å². The summed E-state index contributed by atoms with van der Waals surface area (Å²) in [6.45, 7) is 5.08. The minimum Gasteiger partial charge on any atom is -0.444 e. The van der Waals surface area contributed by atoms with Gasteiger partial charge in [0.25, 0.3) is 0 Å². The topological polar surface area (TPSA) is 55.4 Å².